The van der Waals surface area contributed by atoms with E-state index in [9.17, 15) is 9.59 Å². The van der Waals surface area contributed by atoms with Gasteiger partial charge in [0, 0.05) is 30.6 Å². The summed E-state index contributed by atoms with van der Waals surface area (Å²) in [7, 11) is 0. The van der Waals surface area contributed by atoms with E-state index in [1.807, 2.05) is 66.4 Å². The van der Waals surface area contributed by atoms with Crippen LogP contribution in [-0.4, -0.2) is 29.1 Å². The molecule has 3 aromatic rings. The summed E-state index contributed by atoms with van der Waals surface area (Å²) >= 11 is 0. The van der Waals surface area contributed by atoms with E-state index in [1.54, 1.807) is 11.0 Å². The minimum Gasteiger partial charge on any atom is -0.467 e. The number of rotatable bonds is 2. The van der Waals surface area contributed by atoms with Crippen molar-refractivity contribution in [1.29, 1.82) is 0 Å². The third-order valence-electron chi connectivity index (χ3n) is 6.95. The Labute approximate surface area is 192 Å². The summed E-state index contributed by atoms with van der Waals surface area (Å²) < 4.78 is 6.35. The van der Waals surface area contributed by atoms with Crippen LogP contribution >= 0.6 is 0 Å². The molecular weight excluding hydrogens is 414 g/mol. The van der Waals surface area contributed by atoms with Gasteiger partial charge in [-0.3, -0.25) is 9.69 Å². The van der Waals surface area contributed by atoms with Crippen LogP contribution in [0.15, 0.2) is 72.8 Å². The molecule has 6 heteroatoms. The molecule has 0 radical (unpaired) electrons. The smallest absolute Gasteiger partial charge is 0.325 e. The number of urea groups is 1. The fourth-order valence-electron chi connectivity index (χ4n) is 5.34. The molecule has 33 heavy (non-hydrogen) atoms. The molecule has 0 saturated carbocycles. The molecule has 1 fully saturated rings. The first-order chi connectivity index (χ1) is 16.0. The number of hydrogen-bond acceptors (Lipinski definition) is 3. The van der Waals surface area contributed by atoms with Gasteiger partial charge in [0.2, 0.25) is 0 Å². The number of hydrogen-bond donors (Lipinski definition) is 1. The van der Waals surface area contributed by atoms with Crippen molar-refractivity contribution in [3.63, 3.8) is 0 Å². The zero-order valence-corrected chi connectivity index (χ0v) is 18.5. The third kappa shape index (κ3) is 3.25. The molecule has 2 atom stereocenters. The highest BCUT2D eigenvalue weighted by Gasteiger charge is 2.49. The average molecular weight is 440 g/mol. The van der Waals surface area contributed by atoms with Gasteiger partial charge in [-0.1, -0.05) is 48.5 Å². The largest absolute Gasteiger partial charge is 0.467 e. The molecule has 1 saturated heterocycles. The van der Waals surface area contributed by atoms with Crippen molar-refractivity contribution >= 4 is 17.6 Å². The van der Waals surface area contributed by atoms with Crippen LogP contribution in [0.5, 0.6) is 5.75 Å². The number of fused-ring (bicyclic) bond motifs is 5. The highest BCUT2D eigenvalue weighted by atomic mass is 16.5. The van der Waals surface area contributed by atoms with Crippen LogP contribution in [0.4, 0.5) is 10.5 Å². The topological polar surface area (TPSA) is 61.9 Å². The Balaban J connectivity index is 1.30. The molecule has 3 aliphatic rings. The number of benzene rings is 3. The number of carbonyl (C=O) groups is 2. The number of amides is 3. The van der Waals surface area contributed by atoms with Crippen LogP contribution in [0, 0.1) is 0 Å². The first kappa shape index (κ1) is 19.9. The van der Waals surface area contributed by atoms with Gasteiger partial charge >= 0.3 is 6.03 Å². The molecule has 3 aromatic carbocycles. The number of nitrogens with zero attached hydrogens (tertiary/aromatic N) is 2. The summed E-state index contributed by atoms with van der Waals surface area (Å²) in [5.41, 5.74) is 3.87. The number of para-hydroxylation sites is 1. The minimum atomic E-state index is -0.840. The summed E-state index contributed by atoms with van der Waals surface area (Å²) in [6, 6.07) is 23.1. The lowest BCUT2D eigenvalue weighted by molar-refractivity contribution is 0.0378. The number of ether oxygens (including phenoxy) is 1. The first-order valence-electron chi connectivity index (χ1n) is 11.4. The van der Waals surface area contributed by atoms with Crippen LogP contribution in [-0.2, 0) is 13.0 Å². The highest BCUT2D eigenvalue weighted by Crippen LogP contribution is 2.45. The molecule has 3 amide bonds. The van der Waals surface area contributed by atoms with Gasteiger partial charge in [-0.05, 0) is 48.7 Å². The van der Waals surface area contributed by atoms with E-state index in [4.69, 9.17) is 4.74 Å². The van der Waals surface area contributed by atoms with Crippen LogP contribution in [0.25, 0.3) is 0 Å². The lowest BCUT2D eigenvalue weighted by Crippen LogP contribution is -2.65. The molecular formula is C27H25N3O3. The van der Waals surface area contributed by atoms with Gasteiger partial charge in [-0.25, -0.2) is 4.79 Å². The maximum absolute atomic E-state index is 13.4. The van der Waals surface area contributed by atoms with Crippen molar-refractivity contribution in [2.45, 2.75) is 38.1 Å². The fourth-order valence-corrected chi connectivity index (χ4v) is 5.34. The maximum atomic E-state index is 13.4. The number of carbonyl (C=O) groups excluding carboxylic acids is 2. The summed E-state index contributed by atoms with van der Waals surface area (Å²) in [6.07, 6.45) is 1.47. The third-order valence-corrected chi connectivity index (χ3v) is 6.95. The lowest BCUT2D eigenvalue weighted by atomic mass is 9.90. The van der Waals surface area contributed by atoms with Crippen molar-refractivity contribution in [3.05, 3.63) is 95.1 Å². The Morgan fingerprint density at radius 2 is 1.82 bits per heavy atom. The summed E-state index contributed by atoms with van der Waals surface area (Å²) in [4.78, 5) is 30.1. The van der Waals surface area contributed by atoms with Crippen molar-refractivity contribution in [2.24, 2.45) is 0 Å². The molecule has 0 spiro atoms. The maximum Gasteiger partial charge on any atom is 0.325 e. The van der Waals surface area contributed by atoms with Crippen LogP contribution < -0.4 is 15.0 Å². The van der Waals surface area contributed by atoms with Gasteiger partial charge in [0.1, 0.15) is 5.75 Å². The summed E-state index contributed by atoms with van der Waals surface area (Å²) in [5, 5.41) is 3.11. The van der Waals surface area contributed by atoms with E-state index in [-0.39, 0.29) is 18.0 Å². The van der Waals surface area contributed by atoms with Crippen molar-refractivity contribution in [1.82, 2.24) is 10.2 Å². The lowest BCUT2D eigenvalue weighted by Gasteiger charge is -2.50. The highest BCUT2D eigenvalue weighted by molar-refractivity contribution is 5.99. The number of nitrogens with one attached hydrogen (secondary N) is 1. The van der Waals surface area contributed by atoms with E-state index < -0.39 is 5.72 Å². The Morgan fingerprint density at radius 1 is 1.03 bits per heavy atom. The Bertz CT molecular complexity index is 1270. The monoisotopic (exact) mass is 439 g/mol. The standard InChI is InChI=1S/C27H25N3O3/c1-27-16-23(22-11-4-5-12-24(22)33-27)28-26(32)30(27)21-10-6-9-19(15-21)25(31)29-14-13-18-7-2-3-8-20(18)17-29/h2-12,15,23H,13-14,16-17H2,1H3,(H,28,32)/t23-,27-/m1/s1. The van der Waals surface area contributed by atoms with E-state index in [2.05, 4.69) is 17.4 Å². The molecule has 0 aromatic heterocycles. The molecule has 1 N–H and O–H groups in total. The van der Waals surface area contributed by atoms with Crippen molar-refractivity contribution in [3.8, 4) is 5.75 Å². The SMILES string of the molecule is C[C@@]12C[C@@H](NC(=O)N1c1cccc(C(=O)N3CCc4ccccc4C3)c1)c1ccccc1O2. The predicted molar refractivity (Wildman–Crippen MR) is 125 cm³/mol. The molecule has 6 nitrogen and oxygen atoms in total. The van der Waals surface area contributed by atoms with E-state index in [0.29, 0.717) is 30.8 Å². The van der Waals surface area contributed by atoms with Crippen molar-refractivity contribution in [2.75, 3.05) is 11.4 Å². The van der Waals surface area contributed by atoms with Gasteiger partial charge in [-0.15, -0.1) is 0 Å². The molecule has 6 rings (SSSR count). The molecule has 2 bridgehead atoms. The minimum absolute atomic E-state index is 0.0262. The summed E-state index contributed by atoms with van der Waals surface area (Å²) in [5.74, 6) is 0.752. The fraction of sp³-hybridized carbons (Fsp3) is 0.259. The second kappa shape index (κ2) is 7.37. The zero-order valence-electron chi connectivity index (χ0n) is 18.5. The molecule has 3 aliphatic heterocycles. The van der Waals surface area contributed by atoms with E-state index in [1.165, 1.54) is 11.1 Å². The number of anilines is 1. The second-order valence-corrected chi connectivity index (χ2v) is 9.15. The Morgan fingerprint density at radius 3 is 2.70 bits per heavy atom. The van der Waals surface area contributed by atoms with Gasteiger partial charge in [0.05, 0.1) is 11.7 Å². The van der Waals surface area contributed by atoms with Gasteiger partial charge < -0.3 is 15.0 Å². The molecule has 0 aliphatic carbocycles. The van der Waals surface area contributed by atoms with E-state index in [0.717, 1.165) is 17.7 Å². The molecule has 3 heterocycles. The normalized spacial score (nSPS) is 23.2. The average Bonchev–Trinajstić information content (AvgIpc) is 2.83. The van der Waals surface area contributed by atoms with Crippen LogP contribution in [0.3, 0.4) is 0 Å². The van der Waals surface area contributed by atoms with Crippen LogP contribution in [0.1, 0.15) is 46.4 Å². The van der Waals surface area contributed by atoms with Gasteiger partial charge in [0.15, 0.2) is 5.72 Å². The van der Waals surface area contributed by atoms with Crippen molar-refractivity contribution < 1.29 is 14.3 Å². The molecule has 0 unspecified atom stereocenters. The van der Waals surface area contributed by atoms with E-state index >= 15 is 0 Å². The first-order valence-corrected chi connectivity index (χ1v) is 11.4. The summed E-state index contributed by atoms with van der Waals surface area (Å²) in [6.45, 7) is 3.22. The predicted octanol–water partition coefficient (Wildman–Crippen LogP) is 4.65. The van der Waals surface area contributed by atoms with Gasteiger partial charge in [-0.2, -0.15) is 0 Å². The molecule has 166 valence electrons. The quantitative estimate of drug-likeness (QED) is 0.632. The second-order valence-electron chi connectivity index (χ2n) is 9.15. The Hall–Kier alpha value is -3.80. The van der Waals surface area contributed by atoms with Crippen LogP contribution in [0.2, 0.25) is 0 Å². The van der Waals surface area contributed by atoms with Gasteiger partial charge in [0.25, 0.3) is 5.91 Å². The Kier molecular flexibility index (Phi) is 4.43. The zero-order chi connectivity index (χ0) is 22.6.